The minimum absolute atomic E-state index is 0.177. The van der Waals surface area contributed by atoms with E-state index < -0.39 is 0 Å². The number of halogens is 1. The van der Waals surface area contributed by atoms with Crippen LogP contribution in [0.2, 0.25) is 0 Å². The lowest BCUT2D eigenvalue weighted by atomic mass is 10.1. The van der Waals surface area contributed by atoms with Crippen LogP contribution in [0.15, 0.2) is 40.9 Å². The number of hydrogen-bond donors (Lipinski definition) is 2. The molecule has 6 nitrogen and oxygen atoms in total. The van der Waals surface area contributed by atoms with Crippen LogP contribution in [-0.2, 0) is 4.79 Å². The number of carbonyl (C=O) groups excluding carboxylic acids is 2. The molecule has 0 saturated carbocycles. The van der Waals surface area contributed by atoms with Gasteiger partial charge in [0.2, 0.25) is 5.91 Å². The molecule has 132 valence electrons. The Morgan fingerprint density at radius 2 is 1.80 bits per heavy atom. The van der Waals surface area contributed by atoms with Gasteiger partial charge in [-0.2, -0.15) is 0 Å². The smallest absolute Gasteiger partial charge is 0.255 e. The van der Waals surface area contributed by atoms with Gasteiger partial charge >= 0.3 is 0 Å². The highest BCUT2D eigenvalue weighted by Gasteiger charge is 2.15. The molecular formula is C18H19BrN2O4. The lowest BCUT2D eigenvalue weighted by Crippen LogP contribution is -2.13. The van der Waals surface area contributed by atoms with E-state index in [-0.39, 0.29) is 11.8 Å². The van der Waals surface area contributed by atoms with Crippen LogP contribution >= 0.6 is 15.9 Å². The molecule has 2 amide bonds. The van der Waals surface area contributed by atoms with Gasteiger partial charge in [-0.15, -0.1) is 0 Å². The molecule has 0 aliphatic carbocycles. The summed E-state index contributed by atoms with van der Waals surface area (Å²) in [6.45, 7) is 3.78. The lowest BCUT2D eigenvalue weighted by molar-refractivity contribution is -0.114. The third-order valence-electron chi connectivity index (χ3n) is 3.22. The maximum atomic E-state index is 12.5. The van der Waals surface area contributed by atoms with Gasteiger partial charge < -0.3 is 20.1 Å². The Morgan fingerprint density at radius 1 is 1.12 bits per heavy atom. The topological polar surface area (TPSA) is 76.7 Å². The number of amides is 2. The fourth-order valence-electron chi connectivity index (χ4n) is 2.22. The third-order valence-corrected chi connectivity index (χ3v) is 3.81. The zero-order chi connectivity index (χ0) is 18.4. The number of carbonyl (C=O) groups is 2. The second-order valence-corrected chi connectivity index (χ2v) is 5.99. The van der Waals surface area contributed by atoms with Crippen molar-refractivity contribution in [2.45, 2.75) is 13.8 Å². The molecule has 0 unspecified atom stereocenters. The molecule has 2 aromatic rings. The van der Waals surface area contributed by atoms with Crippen LogP contribution in [-0.4, -0.2) is 25.5 Å². The number of anilines is 2. The number of benzene rings is 2. The van der Waals surface area contributed by atoms with E-state index >= 15 is 0 Å². The zero-order valence-corrected chi connectivity index (χ0v) is 15.8. The SMILES string of the molecule is CCOc1c(Br)cc(C(=O)Nc2cccc(NC(C)=O)c2)cc1OC. The van der Waals surface area contributed by atoms with Gasteiger partial charge in [-0.1, -0.05) is 6.07 Å². The highest BCUT2D eigenvalue weighted by atomic mass is 79.9. The lowest BCUT2D eigenvalue weighted by Gasteiger charge is -2.13. The van der Waals surface area contributed by atoms with Gasteiger partial charge in [-0.25, -0.2) is 0 Å². The summed E-state index contributed by atoms with van der Waals surface area (Å²) in [7, 11) is 1.52. The van der Waals surface area contributed by atoms with Crippen LogP contribution in [0, 0.1) is 0 Å². The minimum Gasteiger partial charge on any atom is -0.493 e. The van der Waals surface area contributed by atoms with Crippen molar-refractivity contribution in [3.8, 4) is 11.5 Å². The van der Waals surface area contributed by atoms with Crippen LogP contribution in [0.5, 0.6) is 11.5 Å². The first kappa shape index (κ1) is 18.8. The van der Waals surface area contributed by atoms with E-state index in [9.17, 15) is 9.59 Å². The summed E-state index contributed by atoms with van der Waals surface area (Å²) in [6.07, 6.45) is 0. The first-order valence-electron chi connectivity index (χ1n) is 7.64. The van der Waals surface area contributed by atoms with Crippen molar-refractivity contribution in [2.24, 2.45) is 0 Å². The fourth-order valence-corrected chi connectivity index (χ4v) is 2.77. The summed E-state index contributed by atoms with van der Waals surface area (Å²) in [5, 5.41) is 5.47. The highest BCUT2D eigenvalue weighted by Crippen LogP contribution is 2.36. The van der Waals surface area contributed by atoms with Gasteiger partial charge in [-0.3, -0.25) is 9.59 Å². The molecule has 0 bridgehead atoms. The first-order valence-corrected chi connectivity index (χ1v) is 8.43. The summed E-state index contributed by atoms with van der Waals surface area (Å²) in [6, 6.07) is 10.2. The van der Waals surface area contributed by atoms with Gasteiger partial charge in [0, 0.05) is 23.9 Å². The van der Waals surface area contributed by atoms with Crippen molar-refractivity contribution < 1.29 is 19.1 Å². The van der Waals surface area contributed by atoms with Gasteiger partial charge in [0.25, 0.3) is 5.91 Å². The van der Waals surface area contributed by atoms with Gasteiger partial charge in [0.05, 0.1) is 18.2 Å². The van der Waals surface area contributed by atoms with E-state index in [1.807, 2.05) is 6.92 Å². The van der Waals surface area contributed by atoms with Crippen molar-refractivity contribution in [3.05, 3.63) is 46.4 Å². The second-order valence-electron chi connectivity index (χ2n) is 5.14. The Bertz CT molecular complexity index is 793. The molecule has 2 N–H and O–H groups in total. The van der Waals surface area contributed by atoms with Crippen molar-refractivity contribution in [1.82, 2.24) is 0 Å². The van der Waals surface area contributed by atoms with Crippen LogP contribution in [0.25, 0.3) is 0 Å². The number of methoxy groups -OCH3 is 1. The monoisotopic (exact) mass is 406 g/mol. The Balaban J connectivity index is 2.23. The quantitative estimate of drug-likeness (QED) is 0.757. The van der Waals surface area contributed by atoms with E-state index in [1.54, 1.807) is 36.4 Å². The Hall–Kier alpha value is -2.54. The molecule has 0 atom stereocenters. The predicted molar refractivity (Wildman–Crippen MR) is 101 cm³/mol. The van der Waals surface area contributed by atoms with Crippen molar-refractivity contribution >= 4 is 39.1 Å². The molecule has 2 aromatic carbocycles. The summed E-state index contributed by atoms with van der Waals surface area (Å²) in [5.74, 6) is 0.535. The molecular weight excluding hydrogens is 388 g/mol. The molecule has 0 aromatic heterocycles. The molecule has 0 saturated heterocycles. The Kier molecular flexibility index (Phi) is 6.41. The molecule has 0 aliphatic rings. The highest BCUT2D eigenvalue weighted by molar-refractivity contribution is 9.10. The molecule has 0 fully saturated rings. The Labute approximate surface area is 154 Å². The van der Waals surface area contributed by atoms with Crippen molar-refractivity contribution in [2.75, 3.05) is 24.4 Å². The van der Waals surface area contributed by atoms with Crippen LogP contribution in [0.1, 0.15) is 24.2 Å². The molecule has 0 spiro atoms. The predicted octanol–water partition coefficient (Wildman–Crippen LogP) is 4.07. The summed E-state index contributed by atoms with van der Waals surface area (Å²) in [5.41, 5.74) is 1.59. The van der Waals surface area contributed by atoms with Crippen molar-refractivity contribution in [3.63, 3.8) is 0 Å². The number of ether oxygens (including phenoxy) is 2. The van der Waals surface area contributed by atoms with Crippen LogP contribution < -0.4 is 20.1 Å². The van der Waals surface area contributed by atoms with Gasteiger partial charge in [0.15, 0.2) is 11.5 Å². The summed E-state index contributed by atoms with van der Waals surface area (Å²) in [4.78, 5) is 23.7. The largest absolute Gasteiger partial charge is 0.493 e. The van der Waals surface area contributed by atoms with E-state index in [2.05, 4.69) is 26.6 Å². The van der Waals surface area contributed by atoms with E-state index in [4.69, 9.17) is 9.47 Å². The number of nitrogens with one attached hydrogen (secondary N) is 2. The molecule has 7 heteroatoms. The van der Waals surface area contributed by atoms with Crippen LogP contribution in [0.4, 0.5) is 11.4 Å². The van der Waals surface area contributed by atoms with Gasteiger partial charge in [-0.05, 0) is 53.2 Å². The van der Waals surface area contributed by atoms with E-state index in [0.29, 0.717) is 39.5 Å². The third kappa shape index (κ3) is 4.96. The zero-order valence-electron chi connectivity index (χ0n) is 14.2. The fraction of sp³-hybridized carbons (Fsp3) is 0.222. The Morgan fingerprint density at radius 3 is 2.40 bits per heavy atom. The number of rotatable bonds is 6. The second kappa shape index (κ2) is 8.53. The molecule has 0 radical (unpaired) electrons. The molecule has 25 heavy (non-hydrogen) atoms. The maximum absolute atomic E-state index is 12.5. The van der Waals surface area contributed by atoms with Gasteiger partial charge in [0.1, 0.15) is 0 Å². The summed E-state index contributed by atoms with van der Waals surface area (Å²) < 4.78 is 11.5. The maximum Gasteiger partial charge on any atom is 0.255 e. The van der Waals surface area contributed by atoms with E-state index in [0.717, 1.165) is 0 Å². The average molecular weight is 407 g/mol. The molecule has 2 rings (SSSR count). The number of hydrogen-bond acceptors (Lipinski definition) is 4. The summed E-state index contributed by atoms with van der Waals surface area (Å²) >= 11 is 3.40. The van der Waals surface area contributed by atoms with Crippen molar-refractivity contribution in [1.29, 1.82) is 0 Å². The van der Waals surface area contributed by atoms with Crippen LogP contribution in [0.3, 0.4) is 0 Å². The first-order chi connectivity index (χ1) is 11.9. The molecule has 0 aliphatic heterocycles. The standard InChI is InChI=1S/C18H19BrN2O4/c1-4-25-17-15(19)8-12(9-16(17)24-3)18(23)21-14-7-5-6-13(10-14)20-11(2)22/h5-10H,4H2,1-3H3,(H,20,22)(H,21,23). The minimum atomic E-state index is -0.304. The van der Waals surface area contributed by atoms with E-state index in [1.165, 1.54) is 14.0 Å². The molecule has 0 heterocycles. The average Bonchev–Trinajstić information content (AvgIpc) is 2.56. The normalized spacial score (nSPS) is 10.1.